The monoisotopic (exact) mass is 369 g/mol. The van der Waals surface area contributed by atoms with Gasteiger partial charge in [-0.25, -0.2) is 4.68 Å². The molecule has 5 heteroatoms. The molecule has 0 aliphatic rings. The fourth-order valence-electron chi connectivity index (χ4n) is 2.27. The molecule has 2 aromatic carbocycles. The fourth-order valence-corrected chi connectivity index (χ4v) is 2.87. The highest BCUT2D eigenvalue weighted by atomic mass is 79.9. The number of nitrogens with one attached hydrogen (secondary N) is 1. The number of rotatable bonds is 4. The van der Waals surface area contributed by atoms with Gasteiger partial charge < -0.3 is 5.32 Å². The molecule has 0 unspecified atom stereocenters. The smallest absolute Gasteiger partial charge is 0.228 e. The Morgan fingerprint density at radius 3 is 2.74 bits per heavy atom. The van der Waals surface area contributed by atoms with E-state index >= 15 is 0 Å². The summed E-state index contributed by atoms with van der Waals surface area (Å²) in [5, 5.41) is 7.22. The number of aromatic nitrogens is 2. The predicted octanol–water partition coefficient (Wildman–Crippen LogP) is 4.12. The van der Waals surface area contributed by atoms with Crippen LogP contribution in [0.2, 0.25) is 0 Å². The van der Waals surface area contributed by atoms with Gasteiger partial charge in [0, 0.05) is 10.7 Å². The third-order valence-corrected chi connectivity index (χ3v) is 4.08. The van der Waals surface area contributed by atoms with E-state index in [9.17, 15) is 4.79 Å². The molecule has 0 aliphatic carbocycles. The Bertz CT molecular complexity index is 827. The molecule has 0 fully saturated rings. The third-order valence-electron chi connectivity index (χ3n) is 3.42. The van der Waals surface area contributed by atoms with Crippen LogP contribution in [-0.2, 0) is 11.2 Å². The lowest BCUT2D eigenvalue weighted by atomic mass is 10.2. The number of para-hydroxylation sites is 1. The van der Waals surface area contributed by atoms with Crippen LogP contribution in [0.5, 0.6) is 0 Å². The molecule has 1 N–H and O–H groups in total. The second kappa shape index (κ2) is 6.79. The summed E-state index contributed by atoms with van der Waals surface area (Å²) in [5.41, 5.74) is 3.75. The Kier molecular flexibility index (Phi) is 4.57. The molecular weight excluding hydrogens is 354 g/mol. The lowest BCUT2D eigenvalue weighted by Gasteiger charge is -2.07. The number of nitrogens with zero attached hydrogens (tertiary/aromatic N) is 2. The van der Waals surface area contributed by atoms with Crippen molar-refractivity contribution in [1.82, 2.24) is 9.78 Å². The first-order valence-electron chi connectivity index (χ1n) is 7.27. The number of aryl methyl sites for hydroxylation is 1. The molecular formula is C18H16BrN3O. The summed E-state index contributed by atoms with van der Waals surface area (Å²) in [6.07, 6.45) is 3.88. The summed E-state index contributed by atoms with van der Waals surface area (Å²) < 4.78 is 2.65. The second-order valence-corrected chi connectivity index (χ2v) is 6.19. The molecule has 0 spiro atoms. The fraction of sp³-hybridized carbons (Fsp3) is 0.111. The van der Waals surface area contributed by atoms with Crippen molar-refractivity contribution in [3.8, 4) is 5.69 Å². The molecule has 1 heterocycles. The standard InChI is InChI=1S/C18H16BrN3O/c1-13-7-8-17(16(19)9-13)21-18(23)10-14-11-20-22(12-14)15-5-3-2-4-6-15/h2-9,11-12H,10H2,1H3,(H,21,23). The second-order valence-electron chi connectivity index (χ2n) is 5.34. The van der Waals surface area contributed by atoms with E-state index in [1.807, 2.05) is 61.7 Å². The van der Waals surface area contributed by atoms with Crippen LogP contribution in [0.3, 0.4) is 0 Å². The number of carbonyl (C=O) groups excluding carboxylic acids is 1. The van der Waals surface area contributed by atoms with Gasteiger partial charge in [-0.2, -0.15) is 5.10 Å². The molecule has 3 aromatic rings. The summed E-state index contributed by atoms with van der Waals surface area (Å²) in [5.74, 6) is -0.0674. The van der Waals surface area contributed by atoms with Crippen molar-refractivity contribution in [3.63, 3.8) is 0 Å². The average Bonchev–Trinajstić information content (AvgIpc) is 2.99. The van der Waals surface area contributed by atoms with Crippen molar-refractivity contribution in [2.75, 3.05) is 5.32 Å². The van der Waals surface area contributed by atoms with Gasteiger partial charge in [-0.15, -0.1) is 0 Å². The van der Waals surface area contributed by atoms with E-state index in [1.54, 1.807) is 10.9 Å². The van der Waals surface area contributed by atoms with Gasteiger partial charge in [0.05, 0.1) is 24.0 Å². The van der Waals surface area contributed by atoms with E-state index in [-0.39, 0.29) is 12.3 Å². The Morgan fingerprint density at radius 2 is 2.00 bits per heavy atom. The first kappa shape index (κ1) is 15.5. The van der Waals surface area contributed by atoms with E-state index in [0.29, 0.717) is 0 Å². The first-order valence-corrected chi connectivity index (χ1v) is 8.06. The Labute approximate surface area is 143 Å². The minimum atomic E-state index is -0.0674. The van der Waals surface area contributed by atoms with Crippen LogP contribution in [0, 0.1) is 6.92 Å². The molecule has 0 atom stereocenters. The maximum Gasteiger partial charge on any atom is 0.228 e. The van der Waals surface area contributed by atoms with Crippen LogP contribution < -0.4 is 5.32 Å². The van der Waals surface area contributed by atoms with E-state index in [4.69, 9.17) is 0 Å². The van der Waals surface area contributed by atoms with E-state index < -0.39 is 0 Å². The van der Waals surface area contributed by atoms with Gasteiger partial charge in [0.15, 0.2) is 0 Å². The number of carbonyl (C=O) groups is 1. The Morgan fingerprint density at radius 1 is 1.22 bits per heavy atom. The molecule has 0 saturated carbocycles. The highest BCUT2D eigenvalue weighted by molar-refractivity contribution is 9.10. The summed E-state index contributed by atoms with van der Waals surface area (Å²) in [6, 6.07) is 15.7. The highest BCUT2D eigenvalue weighted by Gasteiger charge is 2.09. The molecule has 0 radical (unpaired) electrons. The van der Waals surface area contributed by atoms with Crippen LogP contribution in [0.25, 0.3) is 5.69 Å². The highest BCUT2D eigenvalue weighted by Crippen LogP contribution is 2.23. The number of hydrogen-bond donors (Lipinski definition) is 1. The van der Waals surface area contributed by atoms with E-state index in [1.165, 1.54) is 0 Å². The van der Waals surface area contributed by atoms with Gasteiger partial charge in [-0.3, -0.25) is 4.79 Å². The van der Waals surface area contributed by atoms with Gasteiger partial charge in [-0.05, 0) is 58.2 Å². The minimum absolute atomic E-state index is 0.0674. The van der Waals surface area contributed by atoms with Crippen molar-refractivity contribution in [1.29, 1.82) is 0 Å². The average molecular weight is 370 g/mol. The zero-order valence-electron chi connectivity index (χ0n) is 12.7. The normalized spacial score (nSPS) is 10.5. The van der Waals surface area contributed by atoms with Crippen molar-refractivity contribution in [2.24, 2.45) is 0 Å². The van der Waals surface area contributed by atoms with Crippen molar-refractivity contribution >= 4 is 27.5 Å². The first-order chi connectivity index (χ1) is 11.1. The predicted molar refractivity (Wildman–Crippen MR) is 94.8 cm³/mol. The van der Waals surface area contributed by atoms with Crippen molar-refractivity contribution in [3.05, 3.63) is 76.5 Å². The summed E-state index contributed by atoms with van der Waals surface area (Å²) in [4.78, 5) is 12.2. The SMILES string of the molecule is Cc1ccc(NC(=O)Cc2cnn(-c3ccccc3)c2)c(Br)c1. The van der Waals surface area contributed by atoms with Crippen LogP contribution in [0.1, 0.15) is 11.1 Å². The lowest BCUT2D eigenvalue weighted by molar-refractivity contribution is -0.115. The van der Waals surface area contributed by atoms with Crippen LogP contribution in [-0.4, -0.2) is 15.7 Å². The number of halogens is 1. The number of amides is 1. The summed E-state index contributed by atoms with van der Waals surface area (Å²) in [7, 11) is 0. The molecule has 4 nitrogen and oxygen atoms in total. The molecule has 116 valence electrons. The van der Waals surface area contributed by atoms with Gasteiger partial charge in [0.2, 0.25) is 5.91 Å². The van der Waals surface area contributed by atoms with Crippen LogP contribution in [0.4, 0.5) is 5.69 Å². The number of anilines is 1. The molecule has 1 amide bonds. The quantitative estimate of drug-likeness (QED) is 0.751. The Balaban J connectivity index is 1.68. The molecule has 0 aliphatic heterocycles. The zero-order valence-corrected chi connectivity index (χ0v) is 14.2. The molecule has 1 aromatic heterocycles. The molecule has 23 heavy (non-hydrogen) atoms. The summed E-state index contributed by atoms with van der Waals surface area (Å²) in [6.45, 7) is 2.01. The number of benzene rings is 2. The largest absolute Gasteiger partial charge is 0.325 e. The van der Waals surface area contributed by atoms with Gasteiger partial charge in [0.1, 0.15) is 0 Å². The van der Waals surface area contributed by atoms with Crippen LogP contribution in [0.15, 0.2) is 65.4 Å². The van der Waals surface area contributed by atoms with E-state index in [2.05, 4.69) is 26.3 Å². The third kappa shape index (κ3) is 3.87. The number of hydrogen-bond acceptors (Lipinski definition) is 2. The van der Waals surface area contributed by atoms with Crippen LogP contribution >= 0.6 is 15.9 Å². The maximum absolute atomic E-state index is 12.2. The Hall–Kier alpha value is -2.40. The van der Waals surface area contributed by atoms with E-state index in [0.717, 1.165) is 27.0 Å². The van der Waals surface area contributed by atoms with Crippen molar-refractivity contribution in [2.45, 2.75) is 13.3 Å². The maximum atomic E-state index is 12.2. The van der Waals surface area contributed by atoms with Crippen molar-refractivity contribution < 1.29 is 4.79 Å². The van der Waals surface area contributed by atoms with Gasteiger partial charge in [0.25, 0.3) is 0 Å². The lowest BCUT2D eigenvalue weighted by Crippen LogP contribution is -2.14. The summed E-state index contributed by atoms with van der Waals surface area (Å²) >= 11 is 3.46. The van der Waals surface area contributed by atoms with Gasteiger partial charge in [-0.1, -0.05) is 24.3 Å². The molecule has 0 saturated heterocycles. The zero-order chi connectivity index (χ0) is 16.2. The molecule has 0 bridgehead atoms. The topological polar surface area (TPSA) is 46.9 Å². The molecule has 3 rings (SSSR count). The van der Waals surface area contributed by atoms with Gasteiger partial charge >= 0.3 is 0 Å². The minimum Gasteiger partial charge on any atom is -0.325 e.